The van der Waals surface area contributed by atoms with Crippen LogP contribution in [0.1, 0.15) is 44.9 Å². The number of hydrogen-bond donors (Lipinski definition) is 0. The summed E-state index contributed by atoms with van der Waals surface area (Å²) in [6, 6.07) is 0. The van der Waals surface area contributed by atoms with Crippen molar-refractivity contribution in [2.24, 2.45) is 0 Å². The number of halogens is 2. The van der Waals surface area contributed by atoms with Gasteiger partial charge in [-0.25, -0.2) is 0 Å². The van der Waals surface area contributed by atoms with Crippen molar-refractivity contribution in [3.05, 3.63) is 0 Å². The monoisotopic (exact) mass is 336 g/mol. The lowest BCUT2D eigenvalue weighted by molar-refractivity contribution is -0.121. The molecule has 0 saturated heterocycles. The lowest BCUT2D eigenvalue weighted by Gasteiger charge is -2.16. The van der Waals surface area contributed by atoms with Gasteiger partial charge in [-0.05, 0) is 19.3 Å². The van der Waals surface area contributed by atoms with E-state index in [-0.39, 0.29) is 8.65 Å². The Labute approximate surface area is 106 Å². The Bertz CT molecular complexity index is 286. The summed E-state index contributed by atoms with van der Waals surface area (Å²) in [5.41, 5.74) is 0. The van der Waals surface area contributed by atoms with Crippen LogP contribution in [0.25, 0.3) is 0 Å². The molecule has 2 unspecified atom stereocenters. The van der Waals surface area contributed by atoms with Crippen LogP contribution in [0.15, 0.2) is 0 Å². The van der Waals surface area contributed by atoms with Crippen molar-refractivity contribution in [3.8, 4) is 0 Å². The first-order valence-corrected chi connectivity index (χ1v) is 6.95. The maximum atomic E-state index is 11.6. The predicted octanol–water partition coefficient (Wildman–Crippen LogP) is 3.15. The average Bonchev–Trinajstić information content (AvgIpc) is 2.61. The van der Waals surface area contributed by atoms with Crippen LogP contribution < -0.4 is 0 Å². The van der Waals surface area contributed by atoms with Gasteiger partial charge < -0.3 is 0 Å². The van der Waals surface area contributed by atoms with Gasteiger partial charge in [-0.2, -0.15) is 0 Å². The highest BCUT2D eigenvalue weighted by molar-refractivity contribution is 9.13. The number of fused-ring (bicyclic) bond motifs is 1. The maximum Gasteiger partial charge on any atom is 0.134 e. The van der Waals surface area contributed by atoms with Crippen molar-refractivity contribution in [2.75, 3.05) is 0 Å². The van der Waals surface area contributed by atoms with Crippen molar-refractivity contribution < 1.29 is 9.59 Å². The van der Waals surface area contributed by atoms with Crippen LogP contribution in [0.3, 0.4) is 0 Å². The molecule has 0 aliphatic heterocycles. The fraction of sp³-hybridized carbons (Fsp3) is 0.818. The lowest BCUT2D eigenvalue weighted by Crippen LogP contribution is -2.22. The lowest BCUT2D eigenvalue weighted by atomic mass is 9.99. The van der Waals surface area contributed by atoms with Gasteiger partial charge in [0.15, 0.2) is 0 Å². The molecule has 2 aliphatic rings. The smallest absolute Gasteiger partial charge is 0.134 e. The summed E-state index contributed by atoms with van der Waals surface area (Å²) in [4.78, 5) is 23.3. The molecule has 0 radical (unpaired) electrons. The van der Waals surface area contributed by atoms with Crippen LogP contribution >= 0.6 is 31.9 Å². The van der Waals surface area contributed by atoms with Gasteiger partial charge in [0.1, 0.15) is 11.6 Å². The quantitative estimate of drug-likeness (QED) is 0.636. The second kappa shape index (κ2) is 3.95. The van der Waals surface area contributed by atoms with Gasteiger partial charge in [0, 0.05) is 34.3 Å². The third-order valence-electron chi connectivity index (χ3n) is 3.35. The van der Waals surface area contributed by atoms with E-state index in [1.807, 2.05) is 0 Å². The van der Waals surface area contributed by atoms with Gasteiger partial charge in [0.25, 0.3) is 0 Å². The summed E-state index contributed by atoms with van der Waals surface area (Å²) in [7, 11) is 0. The zero-order valence-corrected chi connectivity index (χ0v) is 11.7. The molecule has 2 rings (SSSR count). The Balaban J connectivity index is 2.10. The van der Waals surface area contributed by atoms with Crippen molar-refractivity contribution in [1.29, 1.82) is 0 Å². The molecule has 84 valence electrons. The molecule has 0 N–H and O–H groups in total. The summed E-state index contributed by atoms with van der Waals surface area (Å²) in [5.74, 6) is 0.644. The molecule has 0 aromatic carbocycles. The van der Waals surface area contributed by atoms with E-state index in [4.69, 9.17) is 0 Å². The van der Waals surface area contributed by atoms with Gasteiger partial charge in [-0.15, -0.1) is 0 Å². The van der Waals surface area contributed by atoms with E-state index >= 15 is 0 Å². The van der Waals surface area contributed by atoms with Gasteiger partial charge >= 0.3 is 0 Å². The van der Waals surface area contributed by atoms with E-state index in [0.717, 1.165) is 19.3 Å². The summed E-state index contributed by atoms with van der Waals surface area (Å²) < 4.78 is -0.297. The normalized spacial score (nSPS) is 42.3. The van der Waals surface area contributed by atoms with E-state index < -0.39 is 0 Å². The van der Waals surface area contributed by atoms with Gasteiger partial charge in [0.05, 0.1) is 0 Å². The first-order valence-electron chi connectivity index (χ1n) is 5.36. The van der Waals surface area contributed by atoms with E-state index in [9.17, 15) is 9.59 Å². The van der Waals surface area contributed by atoms with Crippen molar-refractivity contribution >= 4 is 43.4 Å². The van der Waals surface area contributed by atoms with Crippen LogP contribution in [0.5, 0.6) is 0 Å². The van der Waals surface area contributed by atoms with Crippen molar-refractivity contribution in [1.82, 2.24) is 0 Å². The fourth-order valence-corrected chi connectivity index (χ4v) is 4.53. The highest BCUT2D eigenvalue weighted by Gasteiger charge is 2.65. The number of ketones is 2. The first-order chi connectivity index (χ1) is 6.95. The second-order valence-corrected chi connectivity index (χ2v) is 7.78. The second-order valence-electron chi connectivity index (χ2n) is 4.75. The minimum atomic E-state index is -0.149. The average molecular weight is 338 g/mol. The van der Waals surface area contributed by atoms with Crippen LogP contribution in [0.2, 0.25) is 0 Å². The molecule has 0 spiro atoms. The standard InChI is InChI=1S/C11H14Br2O2/c12-10-5-8(14)3-1-2-4-9(15)6-11(10,13)7-10/h1-7H2. The van der Waals surface area contributed by atoms with Gasteiger partial charge in [0.2, 0.25) is 0 Å². The van der Waals surface area contributed by atoms with Crippen LogP contribution in [0, 0.1) is 0 Å². The molecule has 0 heterocycles. The molecule has 2 saturated carbocycles. The zero-order chi connectivity index (χ0) is 11.1. The highest BCUT2D eigenvalue weighted by Crippen LogP contribution is 2.65. The first kappa shape index (κ1) is 11.8. The third-order valence-corrected chi connectivity index (χ3v) is 6.53. The van der Waals surface area contributed by atoms with Crippen molar-refractivity contribution in [2.45, 2.75) is 53.6 Å². The predicted molar refractivity (Wildman–Crippen MR) is 65.6 cm³/mol. The summed E-state index contributed by atoms with van der Waals surface area (Å²) in [6.07, 6.45) is 4.99. The zero-order valence-electron chi connectivity index (χ0n) is 8.52. The SMILES string of the molecule is O=C1CCCCC(=O)CC2(Br)CC2(Br)C1. The fourth-order valence-electron chi connectivity index (χ4n) is 2.29. The van der Waals surface area contributed by atoms with E-state index in [1.165, 1.54) is 0 Å². The number of carbonyl (C=O) groups is 2. The Morgan fingerprint density at radius 2 is 1.27 bits per heavy atom. The molecule has 2 fully saturated rings. The van der Waals surface area contributed by atoms with E-state index in [1.54, 1.807) is 0 Å². The summed E-state index contributed by atoms with van der Waals surface area (Å²) >= 11 is 7.23. The minimum Gasteiger partial charge on any atom is -0.300 e. The molecule has 2 nitrogen and oxygen atoms in total. The molecular formula is C11H14Br2O2. The van der Waals surface area contributed by atoms with E-state index in [2.05, 4.69) is 31.9 Å². The summed E-state index contributed by atoms with van der Waals surface area (Å²) in [5, 5.41) is 0. The van der Waals surface area contributed by atoms with Gasteiger partial charge in [-0.1, -0.05) is 31.9 Å². The van der Waals surface area contributed by atoms with Crippen LogP contribution in [0.4, 0.5) is 0 Å². The number of alkyl halides is 2. The number of carbonyl (C=O) groups excluding carboxylic acids is 2. The molecule has 2 atom stereocenters. The molecule has 0 amide bonds. The van der Waals surface area contributed by atoms with Crippen molar-refractivity contribution in [3.63, 3.8) is 0 Å². The topological polar surface area (TPSA) is 34.1 Å². The maximum absolute atomic E-state index is 11.6. The molecule has 15 heavy (non-hydrogen) atoms. The molecule has 0 aromatic heterocycles. The number of hydrogen-bond acceptors (Lipinski definition) is 2. The third kappa shape index (κ3) is 2.36. The number of rotatable bonds is 0. The van der Waals surface area contributed by atoms with Crippen LogP contribution in [-0.2, 0) is 9.59 Å². The molecular weight excluding hydrogens is 324 g/mol. The minimum absolute atomic E-state index is 0.149. The number of Topliss-reactive ketones (excluding diaryl/α,β-unsaturated/α-hetero) is 2. The highest BCUT2D eigenvalue weighted by atomic mass is 79.9. The Morgan fingerprint density at radius 1 is 0.867 bits per heavy atom. The Hall–Kier alpha value is 0.300. The Kier molecular flexibility index (Phi) is 3.10. The van der Waals surface area contributed by atoms with Gasteiger partial charge in [-0.3, -0.25) is 9.59 Å². The molecule has 0 bridgehead atoms. The molecule has 4 heteroatoms. The molecule has 0 aromatic rings. The van der Waals surface area contributed by atoms with E-state index in [0.29, 0.717) is 37.2 Å². The Morgan fingerprint density at radius 3 is 1.67 bits per heavy atom. The summed E-state index contributed by atoms with van der Waals surface area (Å²) in [6.45, 7) is 0. The van der Waals surface area contributed by atoms with Crippen LogP contribution in [-0.4, -0.2) is 20.2 Å². The molecule has 2 aliphatic carbocycles. The largest absolute Gasteiger partial charge is 0.300 e.